The fraction of sp³-hybridized carbons (Fsp3) is 0.381. The van der Waals surface area contributed by atoms with E-state index in [0.29, 0.717) is 28.3 Å². The molecule has 1 aromatic carbocycles. The minimum atomic E-state index is -0.534. The molecule has 0 aliphatic rings. The number of amides is 1. The van der Waals surface area contributed by atoms with Crippen LogP contribution in [0.25, 0.3) is 4.96 Å². The Labute approximate surface area is 177 Å². The lowest BCUT2D eigenvalue weighted by Crippen LogP contribution is -2.17. The topological polar surface area (TPSA) is 103 Å². The Bertz CT molecular complexity index is 1100. The first-order chi connectivity index (χ1) is 14.4. The van der Waals surface area contributed by atoms with E-state index in [9.17, 15) is 14.4 Å². The molecule has 0 unspecified atom stereocenters. The Hall–Kier alpha value is -3.07. The average molecular weight is 429 g/mol. The number of unbranched alkanes of at least 4 members (excludes halogenated alkanes) is 1. The zero-order valence-electron chi connectivity index (χ0n) is 17.2. The number of carbonyl (C=O) groups excluding carboxylic acids is 2. The summed E-state index contributed by atoms with van der Waals surface area (Å²) < 4.78 is 6.56. The molecule has 9 heteroatoms. The van der Waals surface area contributed by atoms with Gasteiger partial charge in [0.2, 0.25) is 10.9 Å². The normalized spacial score (nSPS) is 11.1. The summed E-state index contributed by atoms with van der Waals surface area (Å²) in [5.41, 5.74) is 1.03. The first-order valence-corrected chi connectivity index (χ1v) is 10.7. The third-order valence-corrected chi connectivity index (χ3v) is 5.53. The van der Waals surface area contributed by atoms with Gasteiger partial charge in [0.25, 0.3) is 5.56 Å². The van der Waals surface area contributed by atoms with Gasteiger partial charge in [0.1, 0.15) is 11.6 Å². The van der Waals surface area contributed by atoms with Gasteiger partial charge in [-0.15, -0.1) is 0 Å². The van der Waals surface area contributed by atoms with Gasteiger partial charge in [0.05, 0.1) is 11.3 Å². The van der Waals surface area contributed by atoms with E-state index in [0.717, 1.165) is 17.8 Å². The maximum absolute atomic E-state index is 12.3. The summed E-state index contributed by atoms with van der Waals surface area (Å²) in [6.45, 7) is 5.90. The quantitative estimate of drug-likeness (QED) is 0.548. The van der Waals surface area contributed by atoms with Crippen molar-refractivity contribution in [3.8, 4) is 0 Å². The van der Waals surface area contributed by atoms with Crippen LogP contribution in [0.2, 0.25) is 0 Å². The van der Waals surface area contributed by atoms with Crippen LogP contribution in [-0.2, 0) is 16.1 Å². The predicted octanol–water partition coefficient (Wildman–Crippen LogP) is 3.76. The van der Waals surface area contributed by atoms with Gasteiger partial charge in [-0.2, -0.15) is 9.61 Å². The Kier molecular flexibility index (Phi) is 6.94. The Morgan fingerprint density at radius 3 is 2.63 bits per heavy atom. The molecule has 0 saturated carbocycles. The molecule has 0 fully saturated rings. The van der Waals surface area contributed by atoms with Crippen LogP contribution in [0.15, 0.2) is 35.1 Å². The van der Waals surface area contributed by atoms with Crippen LogP contribution < -0.4 is 10.9 Å². The predicted molar refractivity (Wildman–Crippen MR) is 115 cm³/mol. The zero-order chi connectivity index (χ0) is 21.7. The largest absolute Gasteiger partial charge is 0.456 e. The molecule has 0 bridgehead atoms. The van der Waals surface area contributed by atoms with E-state index < -0.39 is 5.97 Å². The molecule has 30 heavy (non-hydrogen) atoms. The maximum atomic E-state index is 12.3. The van der Waals surface area contributed by atoms with Crippen LogP contribution in [0, 0.1) is 0 Å². The molecule has 0 aliphatic carbocycles. The molecule has 2 aromatic heterocycles. The SMILES string of the molecule is CCCCC(=O)Nc1ccc(C(=O)OCc2cc(=O)n3nc(C(C)C)sc3n2)cc1. The number of benzene rings is 1. The Morgan fingerprint density at radius 2 is 1.97 bits per heavy atom. The fourth-order valence-corrected chi connectivity index (χ4v) is 3.58. The van der Waals surface area contributed by atoms with Crippen LogP contribution in [0.1, 0.15) is 67.0 Å². The monoisotopic (exact) mass is 428 g/mol. The summed E-state index contributed by atoms with van der Waals surface area (Å²) in [4.78, 5) is 41.1. The van der Waals surface area contributed by atoms with E-state index in [1.807, 2.05) is 20.8 Å². The van der Waals surface area contributed by atoms with Gasteiger partial charge in [-0.1, -0.05) is 38.5 Å². The highest BCUT2D eigenvalue weighted by Crippen LogP contribution is 2.20. The van der Waals surface area contributed by atoms with Gasteiger partial charge >= 0.3 is 5.97 Å². The number of carbonyl (C=O) groups is 2. The highest BCUT2D eigenvalue weighted by molar-refractivity contribution is 7.16. The van der Waals surface area contributed by atoms with Crippen molar-refractivity contribution in [3.05, 3.63) is 57.0 Å². The number of hydrogen-bond acceptors (Lipinski definition) is 7. The van der Waals surface area contributed by atoms with Crippen molar-refractivity contribution < 1.29 is 14.3 Å². The Balaban J connectivity index is 1.62. The van der Waals surface area contributed by atoms with Crippen molar-refractivity contribution in [3.63, 3.8) is 0 Å². The summed E-state index contributed by atoms with van der Waals surface area (Å²) in [7, 11) is 0. The average Bonchev–Trinajstić information content (AvgIpc) is 3.16. The van der Waals surface area contributed by atoms with Gasteiger partial charge in [0, 0.05) is 24.1 Å². The van der Waals surface area contributed by atoms with Crippen molar-refractivity contribution in [1.29, 1.82) is 0 Å². The summed E-state index contributed by atoms with van der Waals surface area (Å²) in [5, 5.41) is 7.87. The van der Waals surface area contributed by atoms with E-state index in [1.54, 1.807) is 24.3 Å². The van der Waals surface area contributed by atoms with Crippen LogP contribution in [0.4, 0.5) is 5.69 Å². The van der Waals surface area contributed by atoms with Gasteiger partial charge in [-0.25, -0.2) is 9.78 Å². The van der Waals surface area contributed by atoms with Crippen molar-refractivity contribution in [1.82, 2.24) is 14.6 Å². The van der Waals surface area contributed by atoms with Crippen LogP contribution in [-0.4, -0.2) is 26.5 Å². The number of nitrogens with zero attached hydrogens (tertiary/aromatic N) is 3. The number of anilines is 1. The molecule has 3 rings (SSSR count). The minimum absolute atomic E-state index is 0.0522. The maximum Gasteiger partial charge on any atom is 0.338 e. The molecule has 0 radical (unpaired) electrons. The molecule has 0 saturated heterocycles. The van der Waals surface area contributed by atoms with Crippen LogP contribution >= 0.6 is 11.3 Å². The molecule has 0 aliphatic heterocycles. The summed E-state index contributed by atoms with van der Waals surface area (Å²) in [6, 6.07) is 7.80. The van der Waals surface area contributed by atoms with Gasteiger partial charge in [-0.3, -0.25) is 9.59 Å². The summed E-state index contributed by atoms with van der Waals surface area (Å²) in [6.07, 6.45) is 2.25. The molecular formula is C21H24N4O4S. The van der Waals surface area contributed by atoms with Gasteiger partial charge in [0.15, 0.2) is 0 Å². The van der Waals surface area contributed by atoms with E-state index in [4.69, 9.17) is 4.74 Å². The lowest BCUT2D eigenvalue weighted by molar-refractivity contribution is -0.116. The molecule has 2 heterocycles. The number of hydrogen-bond donors (Lipinski definition) is 1. The number of nitrogens with one attached hydrogen (secondary N) is 1. The van der Waals surface area contributed by atoms with Gasteiger partial charge in [-0.05, 0) is 30.7 Å². The third kappa shape index (κ3) is 5.29. The number of aromatic nitrogens is 3. The molecule has 0 spiro atoms. The minimum Gasteiger partial charge on any atom is -0.456 e. The molecule has 8 nitrogen and oxygen atoms in total. The first kappa shape index (κ1) is 21.6. The highest BCUT2D eigenvalue weighted by atomic mass is 32.1. The molecule has 1 N–H and O–H groups in total. The van der Waals surface area contributed by atoms with Crippen molar-refractivity contribution in [2.24, 2.45) is 0 Å². The second kappa shape index (κ2) is 9.62. The van der Waals surface area contributed by atoms with E-state index >= 15 is 0 Å². The van der Waals surface area contributed by atoms with Crippen molar-refractivity contribution >= 4 is 33.9 Å². The van der Waals surface area contributed by atoms with Crippen LogP contribution in [0.3, 0.4) is 0 Å². The summed E-state index contributed by atoms with van der Waals surface area (Å²) in [5.74, 6) is -0.395. The number of ether oxygens (including phenoxy) is 1. The van der Waals surface area contributed by atoms with E-state index in [-0.39, 0.29) is 24.0 Å². The lowest BCUT2D eigenvalue weighted by atomic mass is 10.2. The van der Waals surface area contributed by atoms with E-state index in [1.165, 1.54) is 21.9 Å². The van der Waals surface area contributed by atoms with Crippen molar-refractivity contribution in [2.75, 3.05) is 5.32 Å². The zero-order valence-corrected chi connectivity index (χ0v) is 18.0. The molecule has 3 aromatic rings. The Morgan fingerprint density at radius 1 is 1.23 bits per heavy atom. The highest BCUT2D eigenvalue weighted by Gasteiger charge is 2.13. The second-order valence-corrected chi connectivity index (χ2v) is 8.17. The molecule has 1 amide bonds. The first-order valence-electron chi connectivity index (χ1n) is 9.84. The van der Waals surface area contributed by atoms with E-state index in [2.05, 4.69) is 15.4 Å². The summed E-state index contributed by atoms with van der Waals surface area (Å²) >= 11 is 1.34. The molecule has 0 atom stereocenters. The molecule has 158 valence electrons. The molecular weight excluding hydrogens is 404 g/mol. The van der Waals surface area contributed by atoms with Crippen LogP contribution in [0.5, 0.6) is 0 Å². The van der Waals surface area contributed by atoms with Crippen molar-refractivity contribution in [2.45, 2.75) is 52.6 Å². The standard InChI is InChI=1S/C21H24N4O4S/c1-4-5-6-17(26)22-15-9-7-14(8-10-15)20(28)29-12-16-11-18(27)25-21(23-16)30-19(24-25)13(2)3/h7-11,13H,4-6,12H2,1-3H3,(H,22,26). The number of esters is 1. The second-order valence-electron chi connectivity index (χ2n) is 7.18. The number of rotatable bonds is 8. The lowest BCUT2D eigenvalue weighted by Gasteiger charge is -2.07. The fourth-order valence-electron chi connectivity index (χ4n) is 2.65. The number of fused-ring (bicyclic) bond motifs is 1. The smallest absolute Gasteiger partial charge is 0.338 e. The third-order valence-electron chi connectivity index (χ3n) is 4.32. The van der Waals surface area contributed by atoms with Gasteiger partial charge < -0.3 is 10.1 Å².